The van der Waals surface area contributed by atoms with Gasteiger partial charge in [0.2, 0.25) is 11.9 Å². The Morgan fingerprint density at radius 1 is 1.03 bits per heavy atom. The summed E-state index contributed by atoms with van der Waals surface area (Å²) in [5.41, 5.74) is 2.05. The van der Waals surface area contributed by atoms with Gasteiger partial charge in [-0.1, -0.05) is 30.3 Å². The maximum absolute atomic E-state index is 12.4. The van der Waals surface area contributed by atoms with Crippen LogP contribution >= 0.6 is 22.6 Å². The van der Waals surface area contributed by atoms with Gasteiger partial charge in [0.1, 0.15) is 5.82 Å². The van der Waals surface area contributed by atoms with Gasteiger partial charge in [0.05, 0.1) is 11.9 Å². The van der Waals surface area contributed by atoms with Crippen LogP contribution in [0, 0.1) is 9.49 Å². The lowest BCUT2D eigenvalue weighted by Crippen LogP contribution is -2.35. The first kappa shape index (κ1) is 22.8. The Morgan fingerprint density at radius 2 is 1.75 bits per heavy atom. The number of fused-ring (bicyclic) bond motifs is 1. The predicted octanol–water partition coefficient (Wildman–Crippen LogP) is 4.63. The van der Waals surface area contributed by atoms with Gasteiger partial charge in [-0.05, 0) is 78.0 Å². The Hall–Kier alpha value is -2.42. The molecular weight excluding hydrogens is 513 g/mol. The summed E-state index contributed by atoms with van der Waals surface area (Å²) in [6.45, 7) is 0.756. The predicted molar refractivity (Wildman–Crippen MR) is 139 cm³/mol. The Bertz CT molecular complexity index is 1080. The molecule has 1 aliphatic rings. The summed E-state index contributed by atoms with van der Waals surface area (Å²) in [5.74, 6) is 2.26. The number of hydrogen-bond acceptors (Lipinski definition) is 5. The van der Waals surface area contributed by atoms with E-state index in [0.717, 1.165) is 58.1 Å². The third-order valence-electron chi connectivity index (χ3n) is 6.08. The average molecular weight is 543 g/mol. The third kappa shape index (κ3) is 5.68. The number of aromatic nitrogens is 2. The van der Waals surface area contributed by atoms with Crippen LogP contribution in [-0.2, 0) is 11.2 Å². The number of halogens is 1. The number of nitrogens with zero attached hydrogens (tertiary/aromatic N) is 3. The van der Waals surface area contributed by atoms with Gasteiger partial charge in [-0.25, -0.2) is 4.98 Å². The normalized spacial score (nSPS) is 18.3. The fraction of sp³-hybridized carbons (Fsp3) is 0.400. The molecule has 2 aromatic carbocycles. The molecular formula is C25H30IN5O. The van der Waals surface area contributed by atoms with Crippen molar-refractivity contribution in [1.29, 1.82) is 0 Å². The summed E-state index contributed by atoms with van der Waals surface area (Å²) in [6, 6.07) is 16.5. The molecule has 0 radical (unpaired) electrons. The first-order valence-corrected chi connectivity index (χ1v) is 12.3. The second-order valence-corrected chi connectivity index (χ2v) is 9.88. The van der Waals surface area contributed by atoms with Crippen LogP contribution in [0.2, 0.25) is 0 Å². The first-order valence-electron chi connectivity index (χ1n) is 11.2. The van der Waals surface area contributed by atoms with Crippen LogP contribution in [-0.4, -0.2) is 42.6 Å². The van der Waals surface area contributed by atoms with E-state index in [-0.39, 0.29) is 5.91 Å². The molecule has 32 heavy (non-hydrogen) atoms. The van der Waals surface area contributed by atoms with Crippen LogP contribution < -0.4 is 15.5 Å². The van der Waals surface area contributed by atoms with Gasteiger partial charge in [-0.2, -0.15) is 4.98 Å². The topological polar surface area (TPSA) is 70.2 Å². The highest BCUT2D eigenvalue weighted by atomic mass is 127. The van der Waals surface area contributed by atoms with Crippen molar-refractivity contribution in [3.8, 4) is 0 Å². The molecule has 1 heterocycles. The molecule has 0 unspecified atom stereocenters. The number of amides is 1. The molecule has 0 bridgehead atoms. The Kier molecular flexibility index (Phi) is 7.44. The summed E-state index contributed by atoms with van der Waals surface area (Å²) in [4.78, 5) is 23.9. The smallest absolute Gasteiger partial charge is 0.225 e. The molecule has 2 N–H and O–H groups in total. The van der Waals surface area contributed by atoms with E-state index in [1.807, 2.05) is 61.5 Å². The van der Waals surface area contributed by atoms with Gasteiger partial charge in [0.25, 0.3) is 0 Å². The van der Waals surface area contributed by atoms with Crippen molar-refractivity contribution >= 4 is 51.2 Å². The third-order valence-corrected chi connectivity index (χ3v) is 7.14. The second-order valence-electron chi connectivity index (χ2n) is 8.72. The van der Waals surface area contributed by atoms with E-state index in [1.165, 1.54) is 0 Å². The lowest BCUT2D eigenvalue weighted by molar-refractivity contribution is -0.120. The Labute approximate surface area is 203 Å². The molecule has 0 aliphatic heterocycles. The van der Waals surface area contributed by atoms with Crippen molar-refractivity contribution in [2.24, 2.45) is 5.92 Å². The molecule has 3 aromatic rings. The molecule has 0 atom stereocenters. The summed E-state index contributed by atoms with van der Waals surface area (Å²) < 4.78 is 1.14. The molecule has 1 saturated carbocycles. The molecule has 1 aliphatic carbocycles. The minimum Gasteiger partial charge on any atom is -0.362 e. The van der Waals surface area contributed by atoms with E-state index < -0.39 is 0 Å². The average Bonchev–Trinajstić information content (AvgIpc) is 2.79. The summed E-state index contributed by atoms with van der Waals surface area (Å²) in [5, 5.41) is 7.76. The highest BCUT2D eigenvalue weighted by Gasteiger charge is 2.23. The zero-order valence-corrected chi connectivity index (χ0v) is 20.8. The number of benzene rings is 2. The summed E-state index contributed by atoms with van der Waals surface area (Å²) >= 11 is 2.29. The van der Waals surface area contributed by atoms with Crippen molar-refractivity contribution in [3.63, 3.8) is 0 Å². The van der Waals surface area contributed by atoms with Crippen molar-refractivity contribution < 1.29 is 4.79 Å². The van der Waals surface area contributed by atoms with Crippen LogP contribution in [0.3, 0.4) is 0 Å². The van der Waals surface area contributed by atoms with Gasteiger partial charge < -0.3 is 15.5 Å². The van der Waals surface area contributed by atoms with Crippen molar-refractivity contribution in [2.75, 3.05) is 30.9 Å². The number of anilines is 2. The van der Waals surface area contributed by atoms with E-state index in [4.69, 9.17) is 9.97 Å². The minimum atomic E-state index is 0.107. The molecule has 1 aromatic heterocycles. The SMILES string of the molecule is CN(C)c1nc(NC2CCC(CNC(=O)Cc3ccccc3I)CC2)nc2ccccc12. The zero-order chi connectivity index (χ0) is 22.5. The van der Waals surface area contributed by atoms with Gasteiger partial charge in [-0.15, -0.1) is 0 Å². The lowest BCUT2D eigenvalue weighted by Gasteiger charge is -2.29. The molecule has 6 nitrogen and oxygen atoms in total. The fourth-order valence-corrected chi connectivity index (χ4v) is 4.87. The molecule has 7 heteroatoms. The minimum absolute atomic E-state index is 0.107. The lowest BCUT2D eigenvalue weighted by atomic mass is 9.86. The first-order chi connectivity index (χ1) is 15.5. The number of carbonyl (C=O) groups excluding carboxylic acids is 1. The van der Waals surface area contributed by atoms with Gasteiger partial charge in [-0.3, -0.25) is 4.79 Å². The van der Waals surface area contributed by atoms with Gasteiger partial charge in [0.15, 0.2) is 0 Å². The maximum atomic E-state index is 12.4. The van der Waals surface area contributed by atoms with Crippen molar-refractivity contribution in [1.82, 2.24) is 15.3 Å². The zero-order valence-electron chi connectivity index (χ0n) is 18.6. The summed E-state index contributed by atoms with van der Waals surface area (Å²) in [6.07, 6.45) is 4.75. The highest BCUT2D eigenvalue weighted by Crippen LogP contribution is 2.28. The van der Waals surface area contributed by atoms with Crippen LogP contribution in [0.4, 0.5) is 11.8 Å². The molecule has 4 rings (SSSR count). The molecule has 168 valence electrons. The van der Waals surface area contributed by atoms with E-state index in [0.29, 0.717) is 24.3 Å². The van der Waals surface area contributed by atoms with Crippen LogP contribution in [0.1, 0.15) is 31.2 Å². The van der Waals surface area contributed by atoms with Gasteiger partial charge in [0, 0.05) is 35.6 Å². The largest absolute Gasteiger partial charge is 0.362 e. The van der Waals surface area contributed by atoms with Crippen LogP contribution in [0.5, 0.6) is 0 Å². The number of rotatable bonds is 7. The van der Waals surface area contributed by atoms with Crippen LogP contribution in [0.15, 0.2) is 48.5 Å². The van der Waals surface area contributed by atoms with E-state index in [9.17, 15) is 4.79 Å². The van der Waals surface area contributed by atoms with Crippen molar-refractivity contribution in [2.45, 2.75) is 38.1 Å². The quantitative estimate of drug-likeness (QED) is 0.426. The number of para-hydroxylation sites is 1. The standard InChI is InChI=1S/C25H30IN5O/c1-31(2)24-20-8-4-6-10-22(20)29-25(30-24)28-19-13-11-17(12-14-19)16-27-23(32)15-18-7-3-5-9-21(18)26/h3-10,17,19H,11-16H2,1-2H3,(H,27,32)(H,28,29,30). The van der Waals surface area contributed by atoms with Crippen molar-refractivity contribution in [3.05, 3.63) is 57.7 Å². The molecule has 1 amide bonds. The second kappa shape index (κ2) is 10.5. The van der Waals surface area contributed by atoms with E-state index >= 15 is 0 Å². The van der Waals surface area contributed by atoms with E-state index in [1.54, 1.807) is 0 Å². The molecule has 0 spiro atoms. The van der Waals surface area contributed by atoms with E-state index in [2.05, 4.69) is 39.3 Å². The highest BCUT2D eigenvalue weighted by molar-refractivity contribution is 14.1. The van der Waals surface area contributed by atoms with Crippen LogP contribution in [0.25, 0.3) is 10.9 Å². The number of hydrogen-bond donors (Lipinski definition) is 2. The fourth-order valence-electron chi connectivity index (χ4n) is 4.29. The number of nitrogens with one attached hydrogen (secondary N) is 2. The molecule has 0 saturated heterocycles. The summed E-state index contributed by atoms with van der Waals surface area (Å²) in [7, 11) is 4.02. The Morgan fingerprint density at radius 3 is 2.50 bits per heavy atom. The number of carbonyl (C=O) groups is 1. The maximum Gasteiger partial charge on any atom is 0.225 e. The Balaban J connectivity index is 1.28. The monoisotopic (exact) mass is 543 g/mol. The molecule has 1 fully saturated rings. The van der Waals surface area contributed by atoms with Gasteiger partial charge >= 0.3 is 0 Å².